The molecule has 0 aliphatic carbocycles. The molecule has 1 saturated heterocycles. The summed E-state index contributed by atoms with van der Waals surface area (Å²) < 4.78 is 0. The minimum Gasteiger partial charge on any atom is -0.366 e. The van der Waals surface area contributed by atoms with E-state index in [0.717, 1.165) is 28.9 Å². The Kier molecular flexibility index (Phi) is 7.45. The molecular weight excluding hydrogens is 502 g/mol. The first-order valence-corrected chi connectivity index (χ1v) is 14.0. The molecule has 1 aromatic heterocycles. The average Bonchev–Trinajstić information content (AvgIpc) is 3.27. The number of hydrogen-bond acceptors (Lipinski definition) is 4. The van der Waals surface area contributed by atoms with E-state index in [2.05, 4.69) is 84.4 Å². The zero-order valence-electron chi connectivity index (χ0n) is 23.4. The van der Waals surface area contributed by atoms with Gasteiger partial charge < -0.3 is 20.4 Å². The van der Waals surface area contributed by atoms with Gasteiger partial charge in [0, 0.05) is 43.1 Å². The van der Waals surface area contributed by atoms with Crippen LogP contribution in [0.4, 0.5) is 11.4 Å². The monoisotopic (exact) mass is 539 g/mol. The Morgan fingerprint density at radius 1 is 1.13 bits per heavy atom. The Morgan fingerprint density at radius 3 is 2.64 bits per heavy atom. The van der Waals surface area contributed by atoms with E-state index < -0.39 is 0 Å². The minimum atomic E-state index is -0.123. The van der Waals surface area contributed by atoms with Gasteiger partial charge in [-0.2, -0.15) is 0 Å². The Hall–Kier alpha value is -3.71. The van der Waals surface area contributed by atoms with Gasteiger partial charge in [0.05, 0.1) is 23.3 Å². The van der Waals surface area contributed by atoms with Crippen molar-refractivity contribution in [3.05, 3.63) is 95.3 Å². The summed E-state index contributed by atoms with van der Waals surface area (Å²) in [5.74, 6) is -0.0215. The van der Waals surface area contributed by atoms with Gasteiger partial charge in [0.1, 0.15) is 0 Å². The van der Waals surface area contributed by atoms with E-state index in [1.807, 2.05) is 48.7 Å². The van der Waals surface area contributed by atoms with E-state index in [4.69, 9.17) is 12.2 Å². The van der Waals surface area contributed by atoms with Crippen molar-refractivity contribution in [1.82, 2.24) is 15.2 Å². The standard InChI is InChI=1S/C32H37N5OS/c1-6-22-11-7-8-12-25(22)34-28(38)16-18-37-30(29(35-31(37)39)26-13-9-10-17-33-26)23-14-15-27-24(19-23)21(2)20-32(3,4)36(27)5/h7-15,17,19-20,29-30H,6,16,18H2,1-5H3,(H,34,38)(H,35,39)/t29-,30-/m0/s1. The van der Waals surface area contributed by atoms with Gasteiger partial charge in [-0.15, -0.1) is 0 Å². The second kappa shape index (κ2) is 10.8. The van der Waals surface area contributed by atoms with E-state index >= 15 is 0 Å². The molecule has 6 nitrogen and oxygen atoms in total. The first-order valence-electron chi connectivity index (χ1n) is 13.6. The third-order valence-corrected chi connectivity index (χ3v) is 8.38. The van der Waals surface area contributed by atoms with Crippen molar-refractivity contribution in [3.63, 3.8) is 0 Å². The van der Waals surface area contributed by atoms with Crippen molar-refractivity contribution in [3.8, 4) is 0 Å². The maximum Gasteiger partial charge on any atom is 0.226 e. The maximum absolute atomic E-state index is 13.0. The van der Waals surface area contributed by atoms with E-state index in [-0.39, 0.29) is 23.5 Å². The van der Waals surface area contributed by atoms with Gasteiger partial charge in [0.2, 0.25) is 5.91 Å². The number of nitrogens with one attached hydrogen (secondary N) is 2. The average molecular weight is 540 g/mol. The number of fused-ring (bicyclic) bond motifs is 1. The molecule has 2 N–H and O–H groups in total. The van der Waals surface area contributed by atoms with Crippen LogP contribution in [0.5, 0.6) is 0 Å². The van der Waals surface area contributed by atoms with E-state index in [1.54, 1.807) is 0 Å². The molecule has 3 heterocycles. The molecule has 39 heavy (non-hydrogen) atoms. The Bertz CT molecular complexity index is 1420. The van der Waals surface area contributed by atoms with Crippen LogP contribution in [0.15, 0.2) is 72.9 Å². The van der Waals surface area contributed by atoms with Crippen molar-refractivity contribution in [2.24, 2.45) is 0 Å². The summed E-state index contributed by atoms with van der Waals surface area (Å²) in [6.07, 6.45) is 5.33. The fourth-order valence-corrected chi connectivity index (χ4v) is 6.09. The van der Waals surface area contributed by atoms with Crippen LogP contribution in [0.25, 0.3) is 5.57 Å². The molecule has 2 atom stereocenters. The molecule has 202 valence electrons. The van der Waals surface area contributed by atoms with Gasteiger partial charge in [0.15, 0.2) is 5.11 Å². The number of benzene rings is 2. The number of para-hydroxylation sites is 1. The van der Waals surface area contributed by atoms with Crippen molar-refractivity contribution < 1.29 is 4.79 Å². The molecular formula is C32H37N5OS. The normalized spacial score (nSPS) is 19.8. The van der Waals surface area contributed by atoms with Gasteiger partial charge in [0.25, 0.3) is 0 Å². The lowest BCUT2D eigenvalue weighted by atomic mass is 9.86. The van der Waals surface area contributed by atoms with Crippen LogP contribution in [0, 0.1) is 0 Å². The van der Waals surface area contributed by atoms with Crippen LogP contribution in [0.1, 0.15) is 68.6 Å². The van der Waals surface area contributed by atoms with Crippen molar-refractivity contribution in [2.75, 3.05) is 23.8 Å². The number of amides is 1. The molecule has 2 aliphatic heterocycles. The zero-order chi connectivity index (χ0) is 27.7. The molecule has 1 fully saturated rings. The number of carbonyl (C=O) groups is 1. The summed E-state index contributed by atoms with van der Waals surface area (Å²) in [6.45, 7) is 9.24. The lowest BCUT2D eigenvalue weighted by Crippen LogP contribution is -2.42. The molecule has 1 amide bonds. The Morgan fingerprint density at radius 2 is 1.90 bits per heavy atom. The van der Waals surface area contributed by atoms with Gasteiger partial charge in [-0.1, -0.05) is 43.3 Å². The van der Waals surface area contributed by atoms with Crippen LogP contribution in [0.3, 0.4) is 0 Å². The highest BCUT2D eigenvalue weighted by Gasteiger charge is 2.40. The highest BCUT2D eigenvalue weighted by atomic mass is 32.1. The molecule has 0 saturated carbocycles. The second-order valence-corrected chi connectivity index (χ2v) is 11.3. The summed E-state index contributed by atoms with van der Waals surface area (Å²) in [5, 5.41) is 7.25. The SMILES string of the molecule is CCc1ccccc1NC(=O)CCN1C(=S)N[C@@H](c2ccccn2)[C@@H]1c1ccc2c(c1)C(C)=CC(C)(C)N2C. The van der Waals surface area contributed by atoms with Crippen LogP contribution in [-0.4, -0.2) is 40.0 Å². The molecule has 5 rings (SSSR count). The number of thiocarbonyl (C=S) groups is 1. The fraction of sp³-hybridized carbons (Fsp3) is 0.344. The molecule has 2 aliphatic rings. The number of hydrogen-bond donors (Lipinski definition) is 2. The molecule has 0 bridgehead atoms. The first-order chi connectivity index (χ1) is 18.7. The zero-order valence-corrected chi connectivity index (χ0v) is 24.2. The van der Waals surface area contributed by atoms with E-state index in [9.17, 15) is 4.79 Å². The van der Waals surface area contributed by atoms with E-state index in [0.29, 0.717) is 18.1 Å². The van der Waals surface area contributed by atoms with Crippen LogP contribution >= 0.6 is 12.2 Å². The van der Waals surface area contributed by atoms with Crippen LogP contribution in [0.2, 0.25) is 0 Å². The molecule has 0 radical (unpaired) electrons. The second-order valence-electron chi connectivity index (χ2n) is 10.9. The molecule has 0 spiro atoms. The summed E-state index contributed by atoms with van der Waals surface area (Å²) in [5.41, 5.74) is 7.72. The molecule has 7 heteroatoms. The van der Waals surface area contributed by atoms with Crippen LogP contribution in [-0.2, 0) is 11.2 Å². The summed E-state index contributed by atoms with van der Waals surface area (Å²) >= 11 is 5.84. The first kappa shape index (κ1) is 26.9. The predicted molar refractivity (Wildman–Crippen MR) is 164 cm³/mol. The number of carbonyl (C=O) groups excluding carboxylic acids is 1. The highest BCUT2D eigenvalue weighted by Crippen LogP contribution is 2.43. The third kappa shape index (κ3) is 5.28. The maximum atomic E-state index is 13.0. The molecule has 2 aromatic carbocycles. The van der Waals surface area contributed by atoms with Gasteiger partial charge in [-0.05, 0) is 86.4 Å². The lowest BCUT2D eigenvalue weighted by molar-refractivity contribution is -0.116. The Balaban J connectivity index is 1.45. The Labute approximate surface area is 237 Å². The van der Waals surface area contributed by atoms with Crippen molar-refractivity contribution in [2.45, 2.75) is 58.2 Å². The summed E-state index contributed by atoms with van der Waals surface area (Å²) in [4.78, 5) is 22.2. The number of aromatic nitrogens is 1. The largest absolute Gasteiger partial charge is 0.366 e. The van der Waals surface area contributed by atoms with E-state index in [1.165, 1.54) is 16.8 Å². The number of nitrogens with zero attached hydrogens (tertiary/aromatic N) is 3. The summed E-state index contributed by atoms with van der Waals surface area (Å²) in [6, 6.07) is 20.4. The van der Waals surface area contributed by atoms with Crippen LogP contribution < -0.4 is 15.5 Å². The number of aryl methyl sites for hydroxylation is 1. The quantitative estimate of drug-likeness (QED) is 0.345. The van der Waals surface area contributed by atoms with Gasteiger partial charge in [-0.25, -0.2) is 0 Å². The lowest BCUT2D eigenvalue weighted by Gasteiger charge is -2.41. The number of anilines is 2. The minimum absolute atomic E-state index is 0.0215. The van der Waals surface area contributed by atoms with Gasteiger partial charge in [-0.3, -0.25) is 9.78 Å². The molecule has 3 aromatic rings. The van der Waals surface area contributed by atoms with Crippen molar-refractivity contribution in [1.29, 1.82) is 0 Å². The summed E-state index contributed by atoms with van der Waals surface area (Å²) in [7, 11) is 2.14. The third-order valence-electron chi connectivity index (χ3n) is 8.03. The predicted octanol–water partition coefficient (Wildman–Crippen LogP) is 6.28. The fourth-order valence-electron chi connectivity index (χ4n) is 5.76. The number of rotatable bonds is 7. The molecule has 0 unspecified atom stereocenters. The number of likely N-dealkylation sites (N-methyl/N-ethyl adjacent to an activating group) is 1. The number of pyridine rings is 1. The van der Waals surface area contributed by atoms with Gasteiger partial charge >= 0.3 is 0 Å². The highest BCUT2D eigenvalue weighted by molar-refractivity contribution is 7.80. The van der Waals surface area contributed by atoms with Crippen molar-refractivity contribution >= 4 is 40.2 Å². The topological polar surface area (TPSA) is 60.5 Å². The number of allylic oxidation sites excluding steroid dienone is 1. The smallest absolute Gasteiger partial charge is 0.226 e.